The Bertz CT molecular complexity index is 749. The van der Waals surface area contributed by atoms with Crippen molar-refractivity contribution in [2.45, 2.75) is 18.9 Å². The van der Waals surface area contributed by atoms with Gasteiger partial charge in [-0.05, 0) is 36.1 Å². The first-order valence-electron chi connectivity index (χ1n) is 8.41. The molecule has 0 aliphatic heterocycles. The van der Waals surface area contributed by atoms with Gasteiger partial charge in [0.05, 0.1) is 13.7 Å². The quantitative estimate of drug-likeness (QED) is 0.823. The molecule has 3 rings (SSSR count). The van der Waals surface area contributed by atoms with Crippen LogP contribution >= 0.6 is 11.6 Å². The summed E-state index contributed by atoms with van der Waals surface area (Å²) in [5.74, 6) is 0.996. The molecule has 2 aromatic rings. The topological polar surface area (TPSA) is 49.8 Å². The summed E-state index contributed by atoms with van der Waals surface area (Å²) in [5, 5.41) is 10.1. The summed E-state index contributed by atoms with van der Waals surface area (Å²) in [6.45, 7) is 0.688. The van der Waals surface area contributed by atoms with Gasteiger partial charge in [-0.3, -0.25) is 4.79 Å². The number of methoxy groups -OCH3 is 1. The van der Waals surface area contributed by atoms with Crippen LogP contribution in [0.5, 0.6) is 5.75 Å². The molecule has 0 bridgehead atoms. The SMILES string of the molecule is COc1ccccc1CN(CCO)C(=O)[C@@H]1C[C@@H]1c1cccc(Cl)c1. The number of para-hydroxylation sites is 1. The highest BCUT2D eigenvalue weighted by molar-refractivity contribution is 6.30. The van der Waals surface area contributed by atoms with Crippen LogP contribution < -0.4 is 4.74 Å². The third-order valence-electron chi connectivity index (χ3n) is 4.62. The van der Waals surface area contributed by atoms with E-state index in [0.717, 1.165) is 23.3 Å². The standard InChI is InChI=1S/C20H22ClNO3/c1-25-19-8-3-2-5-15(19)13-22(9-10-23)20(24)18-12-17(18)14-6-4-7-16(21)11-14/h2-8,11,17-18,23H,9-10,12-13H2,1H3/t17-,18-/m1/s1. The molecule has 1 N–H and O–H groups in total. The number of halogens is 1. The number of hydrogen-bond acceptors (Lipinski definition) is 3. The molecule has 25 heavy (non-hydrogen) atoms. The lowest BCUT2D eigenvalue weighted by Gasteiger charge is -2.23. The molecule has 2 atom stereocenters. The molecule has 1 saturated carbocycles. The Labute approximate surface area is 153 Å². The largest absolute Gasteiger partial charge is 0.496 e. The number of benzene rings is 2. The molecule has 132 valence electrons. The Kier molecular flexibility index (Phi) is 5.61. The van der Waals surface area contributed by atoms with Crippen molar-refractivity contribution in [3.63, 3.8) is 0 Å². The normalized spacial score (nSPS) is 18.7. The summed E-state index contributed by atoms with van der Waals surface area (Å²) in [6.07, 6.45) is 0.826. The lowest BCUT2D eigenvalue weighted by Crippen LogP contribution is -2.34. The van der Waals surface area contributed by atoms with E-state index in [1.54, 1.807) is 12.0 Å². The summed E-state index contributed by atoms with van der Waals surface area (Å²) >= 11 is 6.05. The second kappa shape index (κ2) is 7.89. The summed E-state index contributed by atoms with van der Waals surface area (Å²) in [4.78, 5) is 14.6. The van der Waals surface area contributed by atoms with Crippen molar-refractivity contribution in [2.75, 3.05) is 20.3 Å². The van der Waals surface area contributed by atoms with Crippen molar-refractivity contribution in [2.24, 2.45) is 5.92 Å². The fourth-order valence-corrected chi connectivity index (χ4v) is 3.43. The van der Waals surface area contributed by atoms with Gasteiger partial charge in [0.1, 0.15) is 5.75 Å². The van der Waals surface area contributed by atoms with Crippen LogP contribution in [0.25, 0.3) is 0 Å². The van der Waals surface area contributed by atoms with Crippen LogP contribution in [0, 0.1) is 5.92 Å². The average Bonchev–Trinajstić information content (AvgIpc) is 3.42. The van der Waals surface area contributed by atoms with Gasteiger partial charge in [-0.15, -0.1) is 0 Å². The van der Waals surface area contributed by atoms with Crippen molar-refractivity contribution in [3.05, 3.63) is 64.7 Å². The van der Waals surface area contributed by atoms with E-state index in [-0.39, 0.29) is 24.3 Å². The van der Waals surface area contributed by atoms with Gasteiger partial charge >= 0.3 is 0 Å². The maximum absolute atomic E-state index is 12.9. The Balaban J connectivity index is 1.72. The fourth-order valence-electron chi connectivity index (χ4n) is 3.24. The number of nitrogens with zero attached hydrogens (tertiary/aromatic N) is 1. The lowest BCUT2D eigenvalue weighted by molar-refractivity contribution is -0.133. The van der Waals surface area contributed by atoms with E-state index in [0.29, 0.717) is 18.1 Å². The minimum atomic E-state index is -0.0601. The Hall–Kier alpha value is -2.04. The highest BCUT2D eigenvalue weighted by Gasteiger charge is 2.45. The van der Waals surface area contributed by atoms with Gasteiger partial charge in [-0.25, -0.2) is 0 Å². The minimum absolute atomic E-state index is 0.0419. The Morgan fingerprint density at radius 2 is 2.08 bits per heavy atom. The Morgan fingerprint density at radius 1 is 1.28 bits per heavy atom. The highest BCUT2D eigenvalue weighted by atomic mass is 35.5. The van der Waals surface area contributed by atoms with Crippen LogP contribution in [0.4, 0.5) is 0 Å². The third kappa shape index (κ3) is 4.14. The molecule has 0 spiro atoms. The molecule has 2 aromatic carbocycles. The zero-order valence-corrected chi connectivity index (χ0v) is 14.9. The predicted octanol–water partition coefficient (Wildman–Crippen LogP) is 3.47. The first kappa shape index (κ1) is 17.8. The minimum Gasteiger partial charge on any atom is -0.496 e. The van der Waals surface area contributed by atoms with Gasteiger partial charge in [-0.1, -0.05) is 41.9 Å². The van der Waals surface area contributed by atoms with Crippen molar-refractivity contribution in [1.29, 1.82) is 0 Å². The molecule has 5 heteroatoms. The molecule has 4 nitrogen and oxygen atoms in total. The highest BCUT2D eigenvalue weighted by Crippen LogP contribution is 2.49. The molecule has 0 heterocycles. The molecule has 0 unspecified atom stereocenters. The molecule has 0 saturated heterocycles. The van der Waals surface area contributed by atoms with E-state index in [9.17, 15) is 9.90 Å². The third-order valence-corrected chi connectivity index (χ3v) is 4.85. The van der Waals surface area contributed by atoms with E-state index in [1.165, 1.54) is 0 Å². The number of amides is 1. The number of rotatable bonds is 7. The number of hydrogen-bond donors (Lipinski definition) is 1. The molecular weight excluding hydrogens is 338 g/mol. The second-order valence-electron chi connectivity index (χ2n) is 6.30. The van der Waals surface area contributed by atoms with E-state index < -0.39 is 0 Å². The number of ether oxygens (including phenoxy) is 1. The molecule has 0 aromatic heterocycles. The molecule has 1 aliphatic rings. The molecule has 1 amide bonds. The molecular formula is C20H22ClNO3. The zero-order valence-electron chi connectivity index (χ0n) is 14.2. The van der Waals surface area contributed by atoms with Crippen molar-refractivity contribution in [3.8, 4) is 5.75 Å². The van der Waals surface area contributed by atoms with Crippen LogP contribution in [-0.4, -0.2) is 36.2 Å². The molecule has 1 aliphatic carbocycles. The van der Waals surface area contributed by atoms with Gasteiger partial charge in [0.25, 0.3) is 0 Å². The summed E-state index contributed by atoms with van der Waals surface area (Å²) < 4.78 is 5.37. The second-order valence-corrected chi connectivity index (χ2v) is 6.74. The molecule has 1 fully saturated rings. The van der Waals surface area contributed by atoms with E-state index in [2.05, 4.69) is 0 Å². The van der Waals surface area contributed by atoms with Crippen LogP contribution in [0.15, 0.2) is 48.5 Å². The predicted molar refractivity (Wildman–Crippen MR) is 97.8 cm³/mol. The van der Waals surface area contributed by atoms with E-state index in [1.807, 2.05) is 48.5 Å². The van der Waals surface area contributed by atoms with Crippen molar-refractivity contribution >= 4 is 17.5 Å². The first-order valence-corrected chi connectivity index (χ1v) is 8.79. The van der Waals surface area contributed by atoms with Crippen LogP contribution in [-0.2, 0) is 11.3 Å². The number of carbonyl (C=O) groups is 1. The van der Waals surface area contributed by atoms with Crippen molar-refractivity contribution < 1.29 is 14.6 Å². The van der Waals surface area contributed by atoms with Gasteiger partial charge < -0.3 is 14.7 Å². The maximum Gasteiger partial charge on any atom is 0.226 e. The maximum atomic E-state index is 12.9. The van der Waals surface area contributed by atoms with Gasteiger partial charge in [0.15, 0.2) is 0 Å². The van der Waals surface area contributed by atoms with Gasteiger partial charge in [0.2, 0.25) is 5.91 Å². The Morgan fingerprint density at radius 3 is 2.80 bits per heavy atom. The number of carbonyl (C=O) groups excluding carboxylic acids is 1. The monoisotopic (exact) mass is 359 g/mol. The summed E-state index contributed by atoms with van der Waals surface area (Å²) in [7, 11) is 1.62. The fraction of sp³-hybridized carbons (Fsp3) is 0.350. The zero-order chi connectivity index (χ0) is 17.8. The van der Waals surface area contributed by atoms with E-state index in [4.69, 9.17) is 16.3 Å². The lowest BCUT2D eigenvalue weighted by atomic mass is 10.1. The molecule has 0 radical (unpaired) electrons. The summed E-state index contributed by atoms with van der Waals surface area (Å²) in [5.41, 5.74) is 2.04. The van der Waals surface area contributed by atoms with Crippen LogP contribution in [0.3, 0.4) is 0 Å². The van der Waals surface area contributed by atoms with Crippen LogP contribution in [0.2, 0.25) is 5.02 Å². The van der Waals surface area contributed by atoms with E-state index >= 15 is 0 Å². The number of aliphatic hydroxyl groups is 1. The van der Waals surface area contributed by atoms with Gasteiger partial charge in [-0.2, -0.15) is 0 Å². The number of aliphatic hydroxyl groups excluding tert-OH is 1. The summed E-state index contributed by atoms with van der Waals surface area (Å²) in [6, 6.07) is 15.3. The van der Waals surface area contributed by atoms with Crippen LogP contribution in [0.1, 0.15) is 23.5 Å². The first-order chi connectivity index (χ1) is 12.1. The van der Waals surface area contributed by atoms with Gasteiger partial charge in [0, 0.05) is 29.6 Å². The van der Waals surface area contributed by atoms with Crippen molar-refractivity contribution in [1.82, 2.24) is 4.90 Å². The smallest absolute Gasteiger partial charge is 0.226 e. The average molecular weight is 360 g/mol.